The van der Waals surface area contributed by atoms with E-state index in [0.717, 1.165) is 30.2 Å². The fourth-order valence-electron chi connectivity index (χ4n) is 5.43. The van der Waals surface area contributed by atoms with E-state index in [1.54, 1.807) is 12.1 Å². The second kappa shape index (κ2) is 7.19. The number of carbonyl (C=O) groups excluding carboxylic acids is 4. The Morgan fingerprint density at radius 1 is 1.07 bits per heavy atom. The summed E-state index contributed by atoms with van der Waals surface area (Å²) in [5.41, 5.74) is 1.88. The van der Waals surface area contributed by atoms with Crippen LogP contribution in [0.4, 0.5) is 5.69 Å². The zero-order chi connectivity index (χ0) is 20.9. The third kappa shape index (κ3) is 3.01. The number of nitrogens with zero attached hydrogens (tertiary/aromatic N) is 1. The van der Waals surface area contributed by atoms with Crippen LogP contribution in [0.3, 0.4) is 0 Å². The van der Waals surface area contributed by atoms with Gasteiger partial charge in [0.2, 0.25) is 11.8 Å². The molecule has 3 N–H and O–H groups in total. The Hall–Kier alpha value is -2.74. The second-order valence-electron chi connectivity index (χ2n) is 8.96. The molecule has 3 heterocycles. The van der Waals surface area contributed by atoms with Gasteiger partial charge in [-0.3, -0.25) is 29.4 Å². The highest BCUT2D eigenvalue weighted by Gasteiger charge is 2.46. The quantitative estimate of drug-likeness (QED) is 0.646. The van der Waals surface area contributed by atoms with Gasteiger partial charge in [0.1, 0.15) is 6.04 Å². The fraction of sp³-hybridized carbons (Fsp3) is 0.545. The molecule has 2 unspecified atom stereocenters. The molecule has 30 heavy (non-hydrogen) atoms. The van der Waals surface area contributed by atoms with Gasteiger partial charge in [-0.05, 0) is 61.8 Å². The first kappa shape index (κ1) is 19.2. The summed E-state index contributed by atoms with van der Waals surface area (Å²) in [5.74, 6) is -1.36. The van der Waals surface area contributed by atoms with Crippen LogP contribution in [0, 0.1) is 11.3 Å². The lowest BCUT2D eigenvalue weighted by Gasteiger charge is -2.51. The van der Waals surface area contributed by atoms with Gasteiger partial charge in [-0.2, -0.15) is 0 Å². The van der Waals surface area contributed by atoms with Crippen molar-refractivity contribution < 1.29 is 19.2 Å². The molecular formula is C22H26N4O4. The van der Waals surface area contributed by atoms with Crippen molar-refractivity contribution in [3.05, 3.63) is 29.3 Å². The zero-order valence-corrected chi connectivity index (χ0v) is 16.8. The van der Waals surface area contributed by atoms with Crippen molar-refractivity contribution >= 4 is 29.3 Å². The Morgan fingerprint density at radius 2 is 1.87 bits per heavy atom. The number of hydrogen-bond acceptors (Lipinski definition) is 6. The smallest absolute Gasteiger partial charge is 0.262 e. The summed E-state index contributed by atoms with van der Waals surface area (Å²) in [5, 5.41) is 9.18. The monoisotopic (exact) mass is 410 g/mol. The highest BCUT2D eigenvalue weighted by molar-refractivity contribution is 6.23. The van der Waals surface area contributed by atoms with Crippen molar-refractivity contribution in [1.82, 2.24) is 15.5 Å². The van der Waals surface area contributed by atoms with Crippen LogP contribution in [0.1, 0.15) is 59.2 Å². The van der Waals surface area contributed by atoms with E-state index in [1.807, 2.05) is 6.07 Å². The van der Waals surface area contributed by atoms with Gasteiger partial charge in [0.05, 0.1) is 11.1 Å². The maximum Gasteiger partial charge on any atom is 0.262 e. The topological polar surface area (TPSA) is 108 Å². The fourth-order valence-corrected chi connectivity index (χ4v) is 5.43. The Morgan fingerprint density at radius 3 is 2.60 bits per heavy atom. The summed E-state index contributed by atoms with van der Waals surface area (Å²) in [6.07, 6.45) is 5.39. The van der Waals surface area contributed by atoms with Crippen LogP contribution in [0.2, 0.25) is 0 Å². The first-order chi connectivity index (χ1) is 14.5. The van der Waals surface area contributed by atoms with Gasteiger partial charge in [-0.15, -0.1) is 0 Å². The molecule has 0 aromatic heterocycles. The maximum atomic E-state index is 13.0. The molecule has 2 saturated heterocycles. The largest absolute Gasteiger partial charge is 0.385 e. The summed E-state index contributed by atoms with van der Waals surface area (Å²) < 4.78 is 0. The summed E-state index contributed by atoms with van der Waals surface area (Å²) in [6, 6.07) is 4.26. The molecule has 0 radical (unpaired) electrons. The van der Waals surface area contributed by atoms with Crippen LogP contribution in [-0.2, 0) is 9.59 Å². The minimum Gasteiger partial charge on any atom is -0.385 e. The van der Waals surface area contributed by atoms with Gasteiger partial charge in [-0.1, -0.05) is 6.42 Å². The third-order valence-corrected chi connectivity index (χ3v) is 7.40. The molecule has 8 nitrogen and oxygen atoms in total. The van der Waals surface area contributed by atoms with Crippen molar-refractivity contribution in [3.63, 3.8) is 0 Å². The molecule has 4 aliphatic rings. The normalized spacial score (nSPS) is 27.7. The third-order valence-electron chi connectivity index (χ3n) is 7.40. The molecule has 0 bridgehead atoms. The molecule has 158 valence electrons. The minimum atomic E-state index is -0.932. The predicted octanol–water partition coefficient (Wildman–Crippen LogP) is 1.28. The average molecular weight is 410 g/mol. The van der Waals surface area contributed by atoms with Crippen molar-refractivity contribution in [3.8, 4) is 0 Å². The molecule has 8 heteroatoms. The Balaban J connectivity index is 1.31. The van der Waals surface area contributed by atoms with Gasteiger partial charge in [0, 0.05) is 25.2 Å². The van der Waals surface area contributed by atoms with Gasteiger partial charge in [0.15, 0.2) is 0 Å². The lowest BCUT2D eigenvalue weighted by Crippen LogP contribution is -2.54. The van der Waals surface area contributed by atoms with Crippen molar-refractivity contribution in [1.29, 1.82) is 0 Å². The molecule has 1 saturated carbocycles. The molecule has 2 atom stereocenters. The standard InChI is InChI=1S/C22H26N4O4/c27-18-5-4-17(19(28)25-18)26-20(29)15-3-2-14(10-16(15)21(26)30)24-12-13-11-23-9-8-22(13)6-1-7-22/h2-3,10,13,17,23-24H,1,4-9,11-12H2,(H,25,27,28). The second-order valence-corrected chi connectivity index (χ2v) is 8.96. The van der Waals surface area contributed by atoms with Crippen LogP contribution >= 0.6 is 0 Å². The lowest BCUT2D eigenvalue weighted by atomic mass is 9.58. The van der Waals surface area contributed by atoms with Crippen molar-refractivity contribution in [2.45, 2.75) is 44.6 Å². The molecule has 5 rings (SSSR count). The van der Waals surface area contributed by atoms with Crippen molar-refractivity contribution in [2.24, 2.45) is 11.3 Å². The van der Waals surface area contributed by atoms with E-state index in [2.05, 4.69) is 16.0 Å². The summed E-state index contributed by atoms with van der Waals surface area (Å²) >= 11 is 0. The zero-order valence-electron chi connectivity index (χ0n) is 16.8. The first-order valence-corrected chi connectivity index (χ1v) is 10.8. The number of hydrogen-bond donors (Lipinski definition) is 3. The highest BCUT2D eigenvalue weighted by Crippen LogP contribution is 2.51. The van der Waals surface area contributed by atoms with Gasteiger partial charge in [-0.25, -0.2) is 0 Å². The SMILES string of the molecule is O=C1CCC(N2C(=O)c3ccc(NCC4CNCCC45CCC5)cc3C2=O)C(=O)N1. The predicted molar refractivity (Wildman–Crippen MR) is 109 cm³/mol. The molecule has 1 spiro atoms. The number of nitrogens with one attached hydrogen (secondary N) is 3. The average Bonchev–Trinajstić information content (AvgIpc) is 2.96. The van der Waals surface area contributed by atoms with E-state index >= 15 is 0 Å². The molecular weight excluding hydrogens is 384 g/mol. The summed E-state index contributed by atoms with van der Waals surface area (Å²) in [6.45, 7) is 2.91. The van der Waals surface area contributed by atoms with E-state index in [4.69, 9.17) is 0 Å². The Bertz CT molecular complexity index is 939. The molecule has 3 aliphatic heterocycles. The summed E-state index contributed by atoms with van der Waals surface area (Å²) in [4.78, 5) is 50.3. The number of benzene rings is 1. The summed E-state index contributed by atoms with van der Waals surface area (Å²) in [7, 11) is 0. The van der Waals surface area contributed by atoms with Crippen LogP contribution in [-0.4, -0.2) is 54.2 Å². The maximum absolute atomic E-state index is 13.0. The molecule has 1 aliphatic carbocycles. The number of piperidine rings is 2. The number of fused-ring (bicyclic) bond motifs is 1. The first-order valence-electron chi connectivity index (χ1n) is 10.8. The van der Waals surface area contributed by atoms with Gasteiger partial charge >= 0.3 is 0 Å². The molecule has 1 aromatic rings. The van der Waals surface area contributed by atoms with Crippen molar-refractivity contribution in [2.75, 3.05) is 25.0 Å². The minimum absolute atomic E-state index is 0.119. The lowest BCUT2D eigenvalue weighted by molar-refractivity contribution is -0.136. The van der Waals surface area contributed by atoms with Crippen LogP contribution in [0.5, 0.6) is 0 Å². The number of amides is 4. The molecule has 1 aromatic carbocycles. The van der Waals surface area contributed by atoms with Gasteiger partial charge < -0.3 is 10.6 Å². The van der Waals surface area contributed by atoms with E-state index < -0.39 is 23.8 Å². The van der Waals surface area contributed by atoms with Crippen LogP contribution < -0.4 is 16.0 Å². The number of imide groups is 2. The molecule has 3 fully saturated rings. The number of rotatable bonds is 4. The van der Waals surface area contributed by atoms with Gasteiger partial charge in [0.25, 0.3) is 11.8 Å². The number of anilines is 1. The molecule has 4 amide bonds. The number of carbonyl (C=O) groups is 4. The Kier molecular flexibility index (Phi) is 4.61. The van der Waals surface area contributed by atoms with E-state index in [0.29, 0.717) is 22.5 Å². The van der Waals surface area contributed by atoms with E-state index in [1.165, 1.54) is 25.7 Å². The van der Waals surface area contributed by atoms with E-state index in [9.17, 15) is 19.2 Å². The van der Waals surface area contributed by atoms with Crippen LogP contribution in [0.25, 0.3) is 0 Å². The highest BCUT2D eigenvalue weighted by atomic mass is 16.2. The van der Waals surface area contributed by atoms with E-state index in [-0.39, 0.29) is 18.7 Å². The van der Waals surface area contributed by atoms with Crippen LogP contribution in [0.15, 0.2) is 18.2 Å². The Labute approximate surface area is 174 Å².